The highest BCUT2D eigenvalue weighted by Crippen LogP contribution is 2.54. The Bertz CT molecular complexity index is 3260. The van der Waals surface area contributed by atoms with Crippen LogP contribution >= 0.6 is 0 Å². The van der Waals surface area contributed by atoms with E-state index < -0.39 is 0 Å². The number of allylic oxidation sites excluding steroid dienone is 1. The molecule has 1 heterocycles. The monoisotopic (exact) mass is 714 g/mol. The van der Waals surface area contributed by atoms with Crippen LogP contribution < -0.4 is 0 Å². The summed E-state index contributed by atoms with van der Waals surface area (Å²) < 4.78 is 6.37. The topological polar surface area (TPSA) is 13.1 Å². The Morgan fingerprint density at radius 1 is 0.446 bits per heavy atom. The molecule has 0 aliphatic heterocycles. The summed E-state index contributed by atoms with van der Waals surface area (Å²) >= 11 is 0. The van der Waals surface area contributed by atoms with Crippen LogP contribution in [0.25, 0.3) is 99.3 Å². The van der Waals surface area contributed by atoms with Crippen LogP contribution in [0.5, 0.6) is 0 Å². The van der Waals surface area contributed by atoms with Crippen LogP contribution in [0.15, 0.2) is 168 Å². The molecular weight excluding hydrogens is 677 g/mol. The normalized spacial score (nSPS) is 14.4. The average Bonchev–Trinajstić information content (AvgIpc) is 3.74. The van der Waals surface area contributed by atoms with Crippen molar-refractivity contribution in [1.29, 1.82) is 0 Å². The largest absolute Gasteiger partial charge is 0.456 e. The minimum Gasteiger partial charge on any atom is -0.456 e. The molecule has 2 aliphatic rings. The quantitative estimate of drug-likeness (QED) is 0.166. The minimum atomic E-state index is -0.125. The van der Waals surface area contributed by atoms with Gasteiger partial charge in [-0.2, -0.15) is 0 Å². The van der Waals surface area contributed by atoms with E-state index in [-0.39, 0.29) is 5.41 Å². The molecule has 1 heteroatoms. The molecule has 0 N–H and O–H groups in total. The Balaban J connectivity index is 0.971. The van der Waals surface area contributed by atoms with Crippen molar-refractivity contribution in [3.05, 3.63) is 192 Å². The van der Waals surface area contributed by atoms with Crippen molar-refractivity contribution in [3.63, 3.8) is 0 Å². The lowest BCUT2D eigenvalue weighted by atomic mass is 9.80. The van der Waals surface area contributed by atoms with Crippen LogP contribution in [-0.4, -0.2) is 0 Å². The van der Waals surface area contributed by atoms with Gasteiger partial charge in [0.1, 0.15) is 11.2 Å². The van der Waals surface area contributed by atoms with E-state index in [1.54, 1.807) is 0 Å². The van der Waals surface area contributed by atoms with Crippen molar-refractivity contribution in [2.24, 2.45) is 0 Å². The first-order valence-corrected chi connectivity index (χ1v) is 19.9. The van der Waals surface area contributed by atoms with Gasteiger partial charge in [0.15, 0.2) is 0 Å². The molecule has 12 rings (SSSR count). The lowest BCUT2D eigenvalue weighted by molar-refractivity contribution is 0.660. The first-order valence-electron chi connectivity index (χ1n) is 19.9. The molecule has 0 atom stereocenters. The van der Waals surface area contributed by atoms with E-state index in [1.165, 1.54) is 110 Å². The summed E-state index contributed by atoms with van der Waals surface area (Å²) in [5.74, 6) is 0. The van der Waals surface area contributed by atoms with Crippen LogP contribution in [0, 0.1) is 0 Å². The number of benzene rings is 9. The summed E-state index contributed by atoms with van der Waals surface area (Å²) in [4.78, 5) is 0. The third kappa shape index (κ3) is 4.43. The predicted molar refractivity (Wildman–Crippen MR) is 237 cm³/mol. The second kappa shape index (κ2) is 11.7. The third-order valence-corrected chi connectivity index (χ3v) is 12.9. The van der Waals surface area contributed by atoms with E-state index in [0.717, 1.165) is 24.0 Å². The molecule has 264 valence electrons. The molecule has 0 spiro atoms. The summed E-state index contributed by atoms with van der Waals surface area (Å²) in [5.41, 5.74) is 17.9. The van der Waals surface area contributed by atoms with E-state index in [9.17, 15) is 0 Å². The van der Waals surface area contributed by atoms with E-state index >= 15 is 0 Å². The molecule has 1 aromatic heterocycles. The summed E-state index contributed by atoms with van der Waals surface area (Å²) in [7, 11) is 0. The van der Waals surface area contributed by atoms with Crippen molar-refractivity contribution < 1.29 is 4.42 Å². The van der Waals surface area contributed by atoms with Gasteiger partial charge in [-0.1, -0.05) is 166 Å². The number of fused-ring (bicyclic) bond motifs is 12. The second-order valence-corrected chi connectivity index (χ2v) is 16.3. The molecule has 0 fully saturated rings. The molecule has 1 nitrogen and oxygen atoms in total. The van der Waals surface area contributed by atoms with Crippen molar-refractivity contribution in [2.75, 3.05) is 0 Å². The van der Waals surface area contributed by atoms with E-state index in [1.807, 2.05) is 0 Å². The number of rotatable bonds is 3. The van der Waals surface area contributed by atoms with Gasteiger partial charge in [0.2, 0.25) is 0 Å². The zero-order chi connectivity index (χ0) is 37.1. The number of aryl methyl sites for hydroxylation is 1. The van der Waals surface area contributed by atoms with Gasteiger partial charge in [0, 0.05) is 21.6 Å². The molecule has 0 radical (unpaired) electrons. The van der Waals surface area contributed by atoms with Gasteiger partial charge in [-0.05, 0) is 125 Å². The molecule has 0 saturated carbocycles. The first-order chi connectivity index (χ1) is 27.5. The smallest absolute Gasteiger partial charge is 0.136 e. The van der Waals surface area contributed by atoms with Gasteiger partial charge >= 0.3 is 0 Å². The predicted octanol–water partition coefficient (Wildman–Crippen LogP) is 15.2. The standard InChI is InChI=1S/C55H38O/c1-55(2)46-28-25-34-26-29-49-54(45-18-10-11-19-48(45)56-49)52(34)53(46)44-27-24-38(32-47(44)55)36-20-21-37-31-39(23-22-35(37)30-36)51-42-16-8-6-14-40(42)50(33-12-4-3-5-13-33)41-15-7-9-17-43(41)51/h3-19,22-32H,20-21H2,1-2H3. The number of hydrogen-bond acceptors (Lipinski definition) is 1. The van der Waals surface area contributed by atoms with E-state index in [2.05, 4.69) is 184 Å². The fourth-order valence-corrected chi connectivity index (χ4v) is 10.3. The van der Waals surface area contributed by atoms with E-state index in [0.29, 0.717) is 0 Å². The maximum absolute atomic E-state index is 6.37. The number of hydrogen-bond donors (Lipinski definition) is 0. The first kappa shape index (κ1) is 31.6. The summed E-state index contributed by atoms with van der Waals surface area (Å²) in [6, 6.07) is 60.7. The number of furan rings is 1. The second-order valence-electron chi connectivity index (χ2n) is 16.3. The summed E-state index contributed by atoms with van der Waals surface area (Å²) in [6.45, 7) is 4.79. The molecule has 10 aromatic rings. The van der Waals surface area contributed by atoms with Gasteiger partial charge in [0.05, 0.1) is 0 Å². The summed E-state index contributed by atoms with van der Waals surface area (Å²) in [6.07, 6.45) is 4.48. The molecule has 0 unspecified atom stereocenters. The van der Waals surface area contributed by atoms with Crippen LogP contribution in [0.1, 0.15) is 48.1 Å². The third-order valence-electron chi connectivity index (χ3n) is 12.9. The lowest BCUT2D eigenvalue weighted by Crippen LogP contribution is -2.15. The highest BCUT2D eigenvalue weighted by atomic mass is 16.3. The molecule has 0 amide bonds. The number of para-hydroxylation sites is 1. The highest BCUT2D eigenvalue weighted by molar-refractivity contribution is 6.24. The van der Waals surface area contributed by atoms with Gasteiger partial charge in [0.25, 0.3) is 0 Å². The van der Waals surface area contributed by atoms with Crippen LogP contribution in [-0.2, 0) is 11.8 Å². The fourth-order valence-electron chi connectivity index (χ4n) is 10.3. The molecule has 0 saturated heterocycles. The molecule has 56 heavy (non-hydrogen) atoms. The van der Waals surface area contributed by atoms with Gasteiger partial charge in [-0.25, -0.2) is 0 Å². The fraction of sp³-hybridized carbons (Fsp3) is 0.0909. The van der Waals surface area contributed by atoms with Crippen molar-refractivity contribution in [2.45, 2.75) is 32.1 Å². The highest BCUT2D eigenvalue weighted by Gasteiger charge is 2.37. The Morgan fingerprint density at radius 2 is 1.09 bits per heavy atom. The molecule has 0 bridgehead atoms. The minimum absolute atomic E-state index is 0.125. The maximum atomic E-state index is 6.37. The van der Waals surface area contributed by atoms with Crippen molar-refractivity contribution >= 4 is 65.9 Å². The zero-order valence-corrected chi connectivity index (χ0v) is 31.5. The summed E-state index contributed by atoms with van der Waals surface area (Å²) in [5, 5.41) is 10.2. The van der Waals surface area contributed by atoms with Crippen LogP contribution in [0.3, 0.4) is 0 Å². The van der Waals surface area contributed by atoms with Crippen molar-refractivity contribution in [1.82, 2.24) is 0 Å². The molecule has 2 aliphatic carbocycles. The lowest BCUT2D eigenvalue weighted by Gasteiger charge is -2.23. The SMILES string of the molecule is CC1(C)c2cc(C3=Cc4ccc(-c5c6ccccc6c(-c6ccccc6)c6ccccc56)cc4CC3)ccc2-c2c1ccc1ccc3oc4ccccc4c3c21. The van der Waals surface area contributed by atoms with Gasteiger partial charge in [-0.15, -0.1) is 0 Å². The zero-order valence-electron chi connectivity index (χ0n) is 31.5. The van der Waals surface area contributed by atoms with Crippen LogP contribution in [0.4, 0.5) is 0 Å². The Kier molecular flexibility index (Phi) is 6.58. The maximum Gasteiger partial charge on any atom is 0.136 e. The van der Waals surface area contributed by atoms with Crippen LogP contribution in [0.2, 0.25) is 0 Å². The Labute approximate surface area is 326 Å². The average molecular weight is 715 g/mol. The van der Waals surface area contributed by atoms with Crippen molar-refractivity contribution in [3.8, 4) is 33.4 Å². The van der Waals surface area contributed by atoms with E-state index in [4.69, 9.17) is 4.42 Å². The Morgan fingerprint density at radius 3 is 1.84 bits per heavy atom. The Hall–Kier alpha value is -6.70. The van der Waals surface area contributed by atoms with Gasteiger partial charge < -0.3 is 4.42 Å². The molecular formula is C55H38O. The molecule has 9 aromatic carbocycles. The van der Waals surface area contributed by atoms with Gasteiger partial charge in [-0.3, -0.25) is 0 Å².